The van der Waals surface area contributed by atoms with E-state index in [1.807, 2.05) is 36.4 Å². The van der Waals surface area contributed by atoms with Crippen molar-refractivity contribution in [2.75, 3.05) is 13.2 Å². The third kappa shape index (κ3) is 6.25. The van der Waals surface area contributed by atoms with Gasteiger partial charge in [0, 0.05) is 11.4 Å². The Labute approximate surface area is 122 Å². The first-order valence-corrected chi connectivity index (χ1v) is 7.03. The molecule has 6 heteroatoms. The van der Waals surface area contributed by atoms with Gasteiger partial charge in [0.15, 0.2) is 6.61 Å². The van der Waals surface area contributed by atoms with Crippen molar-refractivity contribution in [1.82, 2.24) is 5.32 Å². The molecule has 1 aromatic carbocycles. The van der Waals surface area contributed by atoms with Crippen molar-refractivity contribution in [3.8, 4) is 6.07 Å². The predicted octanol–water partition coefficient (Wildman–Crippen LogP) is 1.74. The molecule has 5 nitrogen and oxygen atoms in total. The zero-order chi connectivity index (χ0) is 14.8. The van der Waals surface area contributed by atoms with E-state index in [1.165, 1.54) is 11.8 Å². The van der Waals surface area contributed by atoms with Crippen molar-refractivity contribution in [2.24, 2.45) is 0 Å². The van der Waals surface area contributed by atoms with Crippen molar-refractivity contribution in [1.29, 1.82) is 5.26 Å². The van der Waals surface area contributed by atoms with Crippen molar-refractivity contribution < 1.29 is 14.3 Å². The van der Waals surface area contributed by atoms with Gasteiger partial charge >= 0.3 is 5.97 Å². The highest BCUT2D eigenvalue weighted by Gasteiger charge is 2.17. The number of esters is 1. The summed E-state index contributed by atoms with van der Waals surface area (Å²) in [6, 6.07) is 11.4. The van der Waals surface area contributed by atoms with Crippen LogP contribution in [0.3, 0.4) is 0 Å². The Morgan fingerprint density at radius 2 is 2.10 bits per heavy atom. The summed E-state index contributed by atoms with van der Waals surface area (Å²) in [7, 11) is 0. The number of rotatable bonds is 7. The molecule has 1 rings (SSSR count). The van der Waals surface area contributed by atoms with E-state index in [-0.39, 0.29) is 24.8 Å². The van der Waals surface area contributed by atoms with Crippen molar-refractivity contribution in [3.63, 3.8) is 0 Å². The van der Waals surface area contributed by atoms with Crippen LogP contribution in [0.25, 0.3) is 0 Å². The molecule has 0 aliphatic rings. The monoisotopic (exact) mass is 292 g/mol. The van der Waals surface area contributed by atoms with Gasteiger partial charge in [0.25, 0.3) is 5.91 Å². The molecular formula is C14H16N2O3S. The Bertz CT molecular complexity index is 485. The van der Waals surface area contributed by atoms with Crippen LogP contribution < -0.4 is 5.32 Å². The van der Waals surface area contributed by atoms with Gasteiger partial charge in [-0.15, -0.1) is 11.8 Å². The molecule has 0 saturated carbocycles. The summed E-state index contributed by atoms with van der Waals surface area (Å²) < 4.78 is 4.91. The van der Waals surface area contributed by atoms with E-state index in [4.69, 9.17) is 10.00 Å². The molecule has 1 amide bonds. The van der Waals surface area contributed by atoms with Gasteiger partial charge in [-0.1, -0.05) is 18.2 Å². The van der Waals surface area contributed by atoms with E-state index < -0.39 is 11.9 Å². The van der Waals surface area contributed by atoms with Crippen molar-refractivity contribution in [2.45, 2.75) is 23.5 Å². The maximum Gasteiger partial charge on any atom is 0.319 e. The molecule has 106 valence electrons. The Hall–Kier alpha value is -2.00. The van der Waals surface area contributed by atoms with Gasteiger partial charge in [0.2, 0.25) is 0 Å². The summed E-state index contributed by atoms with van der Waals surface area (Å²) in [5.74, 6) is -0.834. The van der Waals surface area contributed by atoms with Crippen LogP contribution in [-0.2, 0) is 14.3 Å². The summed E-state index contributed by atoms with van der Waals surface area (Å²) in [4.78, 5) is 24.0. The van der Waals surface area contributed by atoms with Crippen LogP contribution in [0.1, 0.15) is 13.3 Å². The minimum atomic E-state index is -0.436. The van der Waals surface area contributed by atoms with Gasteiger partial charge in [-0.25, -0.2) is 0 Å². The number of hydrogen-bond donors (Lipinski definition) is 1. The second kappa shape index (κ2) is 8.99. The van der Waals surface area contributed by atoms with Crippen LogP contribution >= 0.6 is 11.8 Å². The molecule has 1 N–H and O–H groups in total. The van der Waals surface area contributed by atoms with E-state index in [2.05, 4.69) is 5.32 Å². The first kappa shape index (κ1) is 16.1. The zero-order valence-electron chi connectivity index (χ0n) is 11.2. The van der Waals surface area contributed by atoms with Crippen LogP contribution in [0.5, 0.6) is 0 Å². The zero-order valence-corrected chi connectivity index (χ0v) is 12.0. The lowest BCUT2D eigenvalue weighted by Crippen LogP contribution is -2.31. The largest absolute Gasteiger partial charge is 0.455 e. The summed E-state index contributed by atoms with van der Waals surface area (Å²) in [6.45, 7) is 1.68. The molecule has 0 saturated heterocycles. The summed E-state index contributed by atoms with van der Waals surface area (Å²) in [5.41, 5.74) is 0. The average Bonchev–Trinajstić information content (AvgIpc) is 2.46. The Morgan fingerprint density at radius 1 is 1.40 bits per heavy atom. The first-order chi connectivity index (χ1) is 9.63. The summed E-state index contributed by atoms with van der Waals surface area (Å²) in [5, 5.41) is 10.4. The highest BCUT2D eigenvalue weighted by Crippen LogP contribution is 2.23. The van der Waals surface area contributed by atoms with E-state index >= 15 is 0 Å². The lowest BCUT2D eigenvalue weighted by Gasteiger charge is -2.11. The Balaban J connectivity index is 2.28. The Kier molecular flexibility index (Phi) is 7.22. The van der Waals surface area contributed by atoms with E-state index in [1.54, 1.807) is 6.92 Å². The molecule has 0 fully saturated rings. The average molecular weight is 292 g/mol. The topological polar surface area (TPSA) is 79.2 Å². The van der Waals surface area contributed by atoms with Gasteiger partial charge in [0.05, 0.1) is 12.5 Å². The molecular weight excluding hydrogens is 276 g/mol. The van der Waals surface area contributed by atoms with Gasteiger partial charge in [-0.3, -0.25) is 9.59 Å². The number of nitrogens with zero attached hydrogens (tertiary/aromatic N) is 1. The van der Waals surface area contributed by atoms with E-state index in [0.717, 1.165) is 4.90 Å². The predicted molar refractivity (Wildman–Crippen MR) is 76.0 cm³/mol. The first-order valence-electron chi connectivity index (χ1n) is 6.15. The third-order valence-electron chi connectivity index (χ3n) is 2.29. The molecule has 0 heterocycles. The fourth-order valence-electron chi connectivity index (χ4n) is 1.31. The molecule has 0 bridgehead atoms. The van der Waals surface area contributed by atoms with Crippen molar-refractivity contribution >= 4 is 23.6 Å². The van der Waals surface area contributed by atoms with Crippen LogP contribution in [0.15, 0.2) is 35.2 Å². The minimum absolute atomic E-state index is 0.236. The molecule has 0 aromatic heterocycles. The van der Waals surface area contributed by atoms with Crippen LogP contribution in [-0.4, -0.2) is 30.3 Å². The molecule has 0 radical (unpaired) electrons. The minimum Gasteiger partial charge on any atom is -0.455 e. The number of carbonyl (C=O) groups is 2. The lowest BCUT2D eigenvalue weighted by atomic mass is 10.4. The molecule has 0 unspecified atom stereocenters. The quantitative estimate of drug-likeness (QED) is 0.470. The van der Waals surface area contributed by atoms with Crippen LogP contribution in [0.2, 0.25) is 0 Å². The number of nitriles is 1. The number of thioether (sulfide) groups is 1. The van der Waals surface area contributed by atoms with Crippen molar-refractivity contribution in [3.05, 3.63) is 30.3 Å². The number of nitrogens with one attached hydrogen (secondary N) is 1. The highest BCUT2D eigenvalue weighted by atomic mass is 32.2. The smallest absolute Gasteiger partial charge is 0.319 e. The van der Waals surface area contributed by atoms with Crippen LogP contribution in [0.4, 0.5) is 0 Å². The SMILES string of the molecule is C[C@H](Sc1ccccc1)C(=O)OCC(=O)NCCC#N. The van der Waals surface area contributed by atoms with E-state index in [9.17, 15) is 9.59 Å². The van der Waals surface area contributed by atoms with Gasteiger partial charge in [-0.05, 0) is 19.1 Å². The number of benzene rings is 1. The molecule has 0 spiro atoms. The second-order valence-electron chi connectivity index (χ2n) is 3.94. The standard InChI is InChI=1S/C14H16N2O3S/c1-11(20-12-6-3-2-4-7-12)14(18)19-10-13(17)16-9-5-8-15/h2-4,6-7,11H,5,9-10H2,1H3,(H,16,17)/t11-/m0/s1. The number of hydrogen-bond acceptors (Lipinski definition) is 5. The maximum atomic E-state index is 11.7. The lowest BCUT2D eigenvalue weighted by molar-refractivity contribution is -0.147. The maximum absolute atomic E-state index is 11.7. The number of carbonyl (C=O) groups excluding carboxylic acids is 2. The fourth-order valence-corrected chi connectivity index (χ4v) is 2.20. The molecule has 20 heavy (non-hydrogen) atoms. The fraction of sp³-hybridized carbons (Fsp3) is 0.357. The van der Waals surface area contributed by atoms with Gasteiger partial charge in [-0.2, -0.15) is 5.26 Å². The number of amides is 1. The molecule has 0 aliphatic heterocycles. The number of ether oxygens (including phenoxy) is 1. The summed E-state index contributed by atoms with van der Waals surface area (Å²) in [6.07, 6.45) is 0.236. The second-order valence-corrected chi connectivity index (χ2v) is 5.35. The van der Waals surface area contributed by atoms with Gasteiger partial charge in [0.1, 0.15) is 5.25 Å². The molecule has 0 aliphatic carbocycles. The normalized spacial score (nSPS) is 11.2. The van der Waals surface area contributed by atoms with Crippen LogP contribution in [0, 0.1) is 11.3 Å². The summed E-state index contributed by atoms with van der Waals surface area (Å²) >= 11 is 1.38. The van der Waals surface area contributed by atoms with Gasteiger partial charge < -0.3 is 10.1 Å². The highest BCUT2D eigenvalue weighted by molar-refractivity contribution is 8.00. The molecule has 1 atom stereocenters. The Morgan fingerprint density at radius 3 is 2.75 bits per heavy atom. The van der Waals surface area contributed by atoms with E-state index in [0.29, 0.717) is 0 Å². The molecule has 1 aromatic rings. The third-order valence-corrected chi connectivity index (χ3v) is 3.38.